The van der Waals surface area contributed by atoms with Crippen LogP contribution in [0, 0.1) is 6.92 Å². The van der Waals surface area contributed by atoms with E-state index in [1.165, 1.54) is 24.9 Å². The van der Waals surface area contributed by atoms with Crippen molar-refractivity contribution < 1.29 is 31.1 Å². The number of hydrogen-bond donors (Lipinski definition) is 1. The molecule has 172 valence electrons. The first-order chi connectivity index (χ1) is 15.0. The number of ether oxygens (including phenoxy) is 2. The molecule has 0 saturated carbocycles. The van der Waals surface area contributed by atoms with Gasteiger partial charge in [0.05, 0.1) is 35.6 Å². The lowest BCUT2D eigenvalue weighted by atomic mass is 10.2. The third-order valence-electron chi connectivity index (χ3n) is 4.77. The SMILES string of the molecule is COc1cc2nc(C)n(CCNS(=O)(=O)c3ccc(C(F)(F)F)cc3)c(=O)c2cc1OC. The van der Waals surface area contributed by atoms with Crippen molar-refractivity contribution in [2.45, 2.75) is 24.5 Å². The molecule has 0 saturated heterocycles. The number of fused-ring (bicyclic) bond motifs is 1. The first-order valence-corrected chi connectivity index (χ1v) is 10.8. The summed E-state index contributed by atoms with van der Waals surface area (Å²) in [6.45, 7) is 1.38. The van der Waals surface area contributed by atoms with Crippen LogP contribution in [0.2, 0.25) is 0 Å². The van der Waals surface area contributed by atoms with E-state index in [0.717, 1.165) is 12.1 Å². The Labute approximate surface area is 181 Å². The van der Waals surface area contributed by atoms with Gasteiger partial charge < -0.3 is 9.47 Å². The number of benzene rings is 2. The molecule has 1 heterocycles. The van der Waals surface area contributed by atoms with E-state index < -0.39 is 27.3 Å². The molecule has 0 aliphatic carbocycles. The van der Waals surface area contributed by atoms with E-state index >= 15 is 0 Å². The first-order valence-electron chi connectivity index (χ1n) is 9.28. The lowest BCUT2D eigenvalue weighted by Crippen LogP contribution is -2.32. The van der Waals surface area contributed by atoms with Crippen LogP contribution in [-0.4, -0.2) is 38.7 Å². The summed E-state index contributed by atoms with van der Waals surface area (Å²) in [4.78, 5) is 17.0. The maximum atomic E-state index is 12.9. The van der Waals surface area contributed by atoms with Crippen LogP contribution < -0.4 is 19.8 Å². The number of rotatable bonds is 7. The van der Waals surface area contributed by atoms with Crippen molar-refractivity contribution in [1.82, 2.24) is 14.3 Å². The number of hydrogen-bond acceptors (Lipinski definition) is 6. The van der Waals surface area contributed by atoms with E-state index in [4.69, 9.17) is 9.47 Å². The van der Waals surface area contributed by atoms with Crippen molar-refractivity contribution in [3.63, 3.8) is 0 Å². The molecule has 0 fully saturated rings. The quantitative estimate of drug-likeness (QED) is 0.569. The van der Waals surface area contributed by atoms with Crippen LogP contribution in [0.1, 0.15) is 11.4 Å². The van der Waals surface area contributed by atoms with Gasteiger partial charge >= 0.3 is 6.18 Å². The van der Waals surface area contributed by atoms with Gasteiger partial charge in [-0.2, -0.15) is 13.2 Å². The van der Waals surface area contributed by atoms with E-state index in [2.05, 4.69) is 9.71 Å². The highest BCUT2D eigenvalue weighted by Gasteiger charge is 2.30. The zero-order valence-corrected chi connectivity index (χ0v) is 18.2. The van der Waals surface area contributed by atoms with Gasteiger partial charge in [0.15, 0.2) is 11.5 Å². The molecule has 3 aromatic rings. The summed E-state index contributed by atoms with van der Waals surface area (Å²) in [5.41, 5.74) is -0.957. The molecule has 0 unspecified atom stereocenters. The largest absolute Gasteiger partial charge is 0.493 e. The number of methoxy groups -OCH3 is 2. The number of aromatic nitrogens is 2. The molecule has 2 aromatic carbocycles. The normalized spacial score (nSPS) is 12.2. The molecule has 0 aliphatic rings. The Morgan fingerprint density at radius 2 is 1.66 bits per heavy atom. The number of nitrogens with zero attached hydrogens (tertiary/aromatic N) is 2. The molecule has 12 heteroatoms. The van der Waals surface area contributed by atoms with E-state index in [9.17, 15) is 26.4 Å². The Balaban J connectivity index is 1.82. The second kappa shape index (κ2) is 8.79. The molecule has 0 spiro atoms. The van der Waals surface area contributed by atoms with Crippen LogP contribution in [0.5, 0.6) is 11.5 Å². The summed E-state index contributed by atoms with van der Waals surface area (Å²) in [5, 5.41) is 0.263. The van der Waals surface area contributed by atoms with Crippen molar-refractivity contribution in [3.05, 3.63) is 58.1 Å². The summed E-state index contributed by atoms with van der Waals surface area (Å²) < 4.78 is 76.8. The lowest BCUT2D eigenvalue weighted by molar-refractivity contribution is -0.137. The van der Waals surface area contributed by atoms with Gasteiger partial charge in [-0.25, -0.2) is 18.1 Å². The Hall–Kier alpha value is -3.12. The van der Waals surface area contributed by atoms with E-state index in [1.807, 2.05) is 0 Å². The third-order valence-corrected chi connectivity index (χ3v) is 6.25. The lowest BCUT2D eigenvalue weighted by Gasteiger charge is -2.14. The fraction of sp³-hybridized carbons (Fsp3) is 0.300. The molecule has 0 radical (unpaired) electrons. The summed E-state index contributed by atoms with van der Waals surface area (Å²) in [6, 6.07) is 6.20. The van der Waals surface area contributed by atoms with Crippen molar-refractivity contribution in [3.8, 4) is 11.5 Å². The van der Waals surface area contributed by atoms with Crippen LogP contribution in [0.15, 0.2) is 46.1 Å². The minimum atomic E-state index is -4.57. The number of halogens is 3. The predicted molar refractivity (Wildman–Crippen MR) is 110 cm³/mol. The third kappa shape index (κ3) is 4.70. The molecule has 0 atom stereocenters. The molecule has 0 aliphatic heterocycles. The number of alkyl halides is 3. The zero-order valence-electron chi connectivity index (χ0n) is 17.4. The average Bonchev–Trinajstić information content (AvgIpc) is 2.74. The maximum absolute atomic E-state index is 12.9. The standard InChI is InChI=1S/C20H20F3N3O5S/c1-12-25-16-11-18(31-3)17(30-2)10-15(16)19(27)26(12)9-8-24-32(28,29)14-6-4-13(5-7-14)20(21,22)23/h4-7,10-11,24H,8-9H2,1-3H3. The fourth-order valence-corrected chi connectivity index (χ4v) is 4.14. The van der Waals surface area contributed by atoms with E-state index in [-0.39, 0.29) is 23.4 Å². The van der Waals surface area contributed by atoms with Crippen molar-refractivity contribution in [2.75, 3.05) is 20.8 Å². The van der Waals surface area contributed by atoms with Crippen LogP contribution in [0.3, 0.4) is 0 Å². The smallest absolute Gasteiger partial charge is 0.416 e. The van der Waals surface area contributed by atoms with Crippen molar-refractivity contribution in [2.24, 2.45) is 0 Å². The van der Waals surface area contributed by atoms with E-state index in [0.29, 0.717) is 35.0 Å². The molecule has 0 bridgehead atoms. The summed E-state index contributed by atoms with van der Waals surface area (Å²) in [5.74, 6) is 1.11. The highest BCUT2D eigenvalue weighted by Crippen LogP contribution is 2.30. The Morgan fingerprint density at radius 1 is 1.06 bits per heavy atom. The second-order valence-corrected chi connectivity index (χ2v) is 8.53. The first kappa shape index (κ1) is 23.5. The van der Waals surface area contributed by atoms with Gasteiger partial charge in [0.2, 0.25) is 10.0 Å². The molecule has 1 N–H and O–H groups in total. The zero-order chi connectivity index (χ0) is 23.7. The highest BCUT2D eigenvalue weighted by molar-refractivity contribution is 7.89. The molecular formula is C20H20F3N3O5S. The fourth-order valence-electron chi connectivity index (χ4n) is 3.12. The molecule has 8 nitrogen and oxygen atoms in total. The summed E-state index contributed by atoms with van der Waals surface area (Å²) >= 11 is 0. The van der Waals surface area contributed by atoms with Gasteiger partial charge in [0.25, 0.3) is 5.56 Å². The Morgan fingerprint density at radius 3 is 2.22 bits per heavy atom. The summed E-state index contributed by atoms with van der Waals surface area (Å²) in [7, 11) is -1.18. The number of nitrogens with one attached hydrogen (secondary N) is 1. The Kier molecular flexibility index (Phi) is 6.46. The van der Waals surface area contributed by atoms with Crippen LogP contribution in [0.25, 0.3) is 10.9 Å². The van der Waals surface area contributed by atoms with Gasteiger partial charge in [0.1, 0.15) is 5.82 Å². The minimum absolute atomic E-state index is 0.0399. The average molecular weight is 471 g/mol. The topological polar surface area (TPSA) is 99.5 Å². The van der Waals surface area contributed by atoms with Crippen LogP contribution in [0.4, 0.5) is 13.2 Å². The molecule has 32 heavy (non-hydrogen) atoms. The predicted octanol–water partition coefficient (Wildman–Crippen LogP) is 2.72. The molecule has 3 rings (SSSR count). The Bertz CT molecular complexity index is 1300. The van der Waals surface area contributed by atoms with Gasteiger partial charge in [-0.05, 0) is 37.3 Å². The minimum Gasteiger partial charge on any atom is -0.493 e. The van der Waals surface area contributed by atoms with Gasteiger partial charge in [-0.3, -0.25) is 9.36 Å². The number of sulfonamides is 1. The monoisotopic (exact) mass is 471 g/mol. The van der Waals surface area contributed by atoms with Crippen molar-refractivity contribution in [1.29, 1.82) is 0 Å². The van der Waals surface area contributed by atoms with Crippen LogP contribution in [-0.2, 0) is 22.7 Å². The van der Waals surface area contributed by atoms with Gasteiger partial charge in [0, 0.05) is 19.2 Å². The van der Waals surface area contributed by atoms with Gasteiger partial charge in [-0.1, -0.05) is 0 Å². The molecular weight excluding hydrogens is 451 g/mol. The van der Waals surface area contributed by atoms with Gasteiger partial charge in [-0.15, -0.1) is 0 Å². The highest BCUT2D eigenvalue weighted by atomic mass is 32.2. The number of aryl methyl sites for hydroxylation is 1. The second-order valence-electron chi connectivity index (χ2n) is 6.76. The van der Waals surface area contributed by atoms with Crippen molar-refractivity contribution >= 4 is 20.9 Å². The summed E-state index contributed by atoms with van der Waals surface area (Å²) in [6.07, 6.45) is -4.57. The van der Waals surface area contributed by atoms with Crippen LogP contribution >= 0.6 is 0 Å². The van der Waals surface area contributed by atoms with E-state index in [1.54, 1.807) is 13.0 Å². The molecule has 1 aromatic heterocycles. The maximum Gasteiger partial charge on any atom is 0.416 e. The molecule has 0 amide bonds.